The van der Waals surface area contributed by atoms with Gasteiger partial charge in [-0.2, -0.15) is 0 Å². The van der Waals surface area contributed by atoms with Crippen LogP contribution in [0.1, 0.15) is 46.0 Å². The van der Waals surface area contributed by atoms with Crippen molar-refractivity contribution in [3.8, 4) is 0 Å². The summed E-state index contributed by atoms with van der Waals surface area (Å²) >= 11 is 0. The summed E-state index contributed by atoms with van der Waals surface area (Å²) in [5, 5.41) is 0. The van der Waals surface area contributed by atoms with Gasteiger partial charge >= 0.3 is 0 Å². The van der Waals surface area contributed by atoms with E-state index in [0.29, 0.717) is 12.1 Å². The van der Waals surface area contributed by atoms with Crippen LogP contribution in [0.2, 0.25) is 0 Å². The van der Waals surface area contributed by atoms with Gasteiger partial charge in [-0.05, 0) is 46.0 Å². The van der Waals surface area contributed by atoms with Gasteiger partial charge in [0.25, 0.3) is 0 Å². The molecule has 0 spiro atoms. The number of likely N-dealkylation sites (tertiary alicyclic amines) is 1. The van der Waals surface area contributed by atoms with Crippen molar-refractivity contribution in [2.75, 3.05) is 20.1 Å². The summed E-state index contributed by atoms with van der Waals surface area (Å²) in [7, 11) is 1.94. The number of likely N-dealkylation sites (N-methyl/N-ethyl adjacent to an activating group) is 1. The molecule has 18 heavy (non-hydrogen) atoms. The Morgan fingerprint density at radius 2 is 1.89 bits per heavy atom. The van der Waals surface area contributed by atoms with Crippen LogP contribution in [0.5, 0.6) is 0 Å². The van der Waals surface area contributed by atoms with Gasteiger partial charge in [0.2, 0.25) is 5.91 Å². The fourth-order valence-electron chi connectivity index (χ4n) is 3.08. The fourth-order valence-corrected chi connectivity index (χ4v) is 3.08. The highest BCUT2D eigenvalue weighted by Gasteiger charge is 2.43. The molecule has 0 atom stereocenters. The number of amides is 1. The molecule has 1 aliphatic carbocycles. The van der Waals surface area contributed by atoms with Crippen molar-refractivity contribution < 1.29 is 4.79 Å². The Balaban J connectivity index is 1.87. The average Bonchev–Trinajstić information content (AvgIpc) is 2.34. The Hall–Kier alpha value is -0.610. The minimum Gasteiger partial charge on any atom is -0.341 e. The standard InChI is InChI=1S/C14H27N3O/c1-11(2)17-9-5-12(6-10-17)16(3)13(18)14(15)7-4-8-14/h11-12H,4-10,15H2,1-3H3. The molecule has 2 rings (SSSR count). The van der Waals surface area contributed by atoms with Crippen LogP contribution >= 0.6 is 0 Å². The zero-order valence-corrected chi connectivity index (χ0v) is 12.0. The maximum Gasteiger partial charge on any atom is 0.242 e. The Morgan fingerprint density at radius 3 is 2.28 bits per heavy atom. The highest BCUT2D eigenvalue weighted by atomic mass is 16.2. The first-order valence-electron chi connectivity index (χ1n) is 7.24. The van der Waals surface area contributed by atoms with Crippen LogP contribution in [0.15, 0.2) is 0 Å². The normalized spacial score (nSPS) is 24.9. The third-order valence-corrected chi connectivity index (χ3v) is 4.77. The van der Waals surface area contributed by atoms with Crippen LogP contribution in [0.3, 0.4) is 0 Å². The van der Waals surface area contributed by atoms with Crippen LogP contribution < -0.4 is 5.73 Å². The molecule has 2 aliphatic rings. The second kappa shape index (κ2) is 5.17. The fraction of sp³-hybridized carbons (Fsp3) is 0.929. The molecule has 4 nitrogen and oxygen atoms in total. The summed E-state index contributed by atoms with van der Waals surface area (Å²) < 4.78 is 0. The number of hydrogen-bond donors (Lipinski definition) is 1. The smallest absolute Gasteiger partial charge is 0.242 e. The number of nitrogens with zero attached hydrogens (tertiary/aromatic N) is 2. The van der Waals surface area contributed by atoms with E-state index >= 15 is 0 Å². The molecule has 1 amide bonds. The summed E-state index contributed by atoms with van der Waals surface area (Å²) in [5.74, 6) is 0.164. The Labute approximate surface area is 110 Å². The van der Waals surface area contributed by atoms with Crippen molar-refractivity contribution in [2.45, 2.75) is 63.6 Å². The third kappa shape index (κ3) is 2.54. The van der Waals surface area contributed by atoms with Gasteiger partial charge in [-0.15, -0.1) is 0 Å². The van der Waals surface area contributed by atoms with Gasteiger partial charge in [0, 0.05) is 32.2 Å². The van der Waals surface area contributed by atoms with Crippen LogP contribution in [0.25, 0.3) is 0 Å². The lowest BCUT2D eigenvalue weighted by Crippen LogP contribution is -2.61. The molecule has 1 saturated heterocycles. The molecule has 0 aromatic heterocycles. The van der Waals surface area contributed by atoms with Gasteiger partial charge in [-0.1, -0.05) is 0 Å². The van der Waals surface area contributed by atoms with Gasteiger partial charge in [0.15, 0.2) is 0 Å². The van der Waals surface area contributed by atoms with Gasteiger partial charge in [-0.25, -0.2) is 0 Å². The molecule has 0 bridgehead atoms. The molecule has 0 unspecified atom stereocenters. The van der Waals surface area contributed by atoms with Crippen molar-refractivity contribution in [3.63, 3.8) is 0 Å². The Bertz CT molecular complexity index is 304. The van der Waals surface area contributed by atoms with Gasteiger partial charge in [0.1, 0.15) is 0 Å². The molecule has 1 aliphatic heterocycles. The number of hydrogen-bond acceptors (Lipinski definition) is 3. The lowest BCUT2D eigenvalue weighted by atomic mass is 9.76. The molecule has 0 aromatic rings. The summed E-state index contributed by atoms with van der Waals surface area (Å²) in [6.45, 7) is 6.66. The first-order chi connectivity index (χ1) is 8.44. The van der Waals surface area contributed by atoms with Crippen LogP contribution in [-0.2, 0) is 4.79 Å². The van der Waals surface area contributed by atoms with E-state index in [1.807, 2.05) is 11.9 Å². The molecular formula is C14H27N3O. The molecule has 4 heteroatoms. The average molecular weight is 253 g/mol. The summed E-state index contributed by atoms with van der Waals surface area (Å²) in [5.41, 5.74) is 5.59. The van der Waals surface area contributed by atoms with E-state index < -0.39 is 5.54 Å². The predicted molar refractivity (Wildman–Crippen MR) is 73.3 cm³/mol. The minimum atomic E-state index is -0.538. The van der Waals surface area contributed by atoms with E-state index in [1.54, 1.807) is 0 Å². The van der Waals surface area contributed by atoms with Gasteiger partial charge < -0.3 is 15.5 Å². The summed E-state index contributed by atoms with van der Waals surface area (Å²) in [6.07, 6.45) is 4.98. The molecule has 2 fully saturated rings. The number of nitrogens with two attached hydrogens (primary N) is 1. The van der Waals surface area contributed by atoms with Crippen molar-refractivity contribution in [1.29, 1.82) is 0 Å². The Kier molecular flexibility index (Phi) is 3.97. The Morgan fingerprint density at radius 1 is 1.33 bits per heavy atom. The molecule has 104 valence electrons. The number of carbonyl (C=O) groups is 1. The number of piperidine rings is 1. The first kappa shape index (κ1) is 13.8. The lowest BCUT2D eigenvalue weighted by molar-refractivity contribution is -0.141. The van der Waals surface area contributed by atoms with Crippen molar-refractivity contribution in [2.24, 2.45) is 5.73 Å². The topological polar surface area (TPSA) is 49.6 Å². The summed E-state index contributed by atoms with van der Waals surface area (Å²) in [4.78, 5) is 16.8. The molecule has 1 heterocycles. The van der Waals surface area contributed by atoms with E-state index in [0.717, 1.165) is 45.2 Å². The molecule has 2 N–H and O–H groups in total. The highest BCUT2D eigenvalue weighted by Crippen LogP contribution is 2.32. The van der Waals surface area contributed by atoms with Crippen LogP contribution in [-0.4, -0.2) is 53.5 Å². The van der Waals surface area contributed by atoms with Crippen LogP contribution in [0, 0.1) is 0 Å². The maximum atomic E-state index is 12.3. The molecule has 1 saturated carbocycles. The molecule has 0 aromatic carbocycles. The summed E-state index contributed by atoms with van der Waals surface area (Å²) in [6, 6.07) is 0.993. The number of carbonyl (C=O) groups excluding carboxylic acids is 1. The van der Waals surface area contributed by atoms with Crippen LogP contribution in [0.4, 0.5) is 0 Å². The predicted octanol–water partition coefficient (Wildman–Crippen LogP) is 1.20. The zero-order chi connectivity index (χ0) is 13.3. The largest absolute Gasteiger partial charge is 0.341 e. The monoisotopic (exact) mass is 253 g/mol. The highest BCUT2D eigenvalue weighted by molar-refractivity contribution is 5.87. The third-order valence-electron chi connectivity index (χ3n) is 4.77. The van der Waals surface area contributed by atoms with E-state index in [1.165, 1.54) is 0 Å². The zero-order valence-electron chi connectivity index (χ0n) is 12.0. The van der Waals surface area contributed by atoms with E-state index in [9.17, 15) is 4.79 Å². The maximum absolute atomic E-state index is 12.3. The van der Waals surface area contributed by atoms with Gasteiger partial charge in [-0.3, -0.25) is 4.79 Å². The van der Waals surface area contributed by atoms with Gasteiger partial charge in [0.05, 0.1) is 5.54 Å². The van der Waals surface area contributed by atoms with E-state index in [2.05, 4.69) is 18.7 Å². The minimum absolute atomic E-state index is 0.164. The lowest BCUT2D eigenvalue weighted by Gasteiger charge is -2.44. The first-order valence-corrected chi connectivity index (χ1v) is 7.24. The molecule has 0 radical (unpaired) electrons. The van der Waals surface area contributed by atoms with Crippen molar-refractivity contribution in [3.05, 3.63) is 0 Å². The van der Waals surface area contributed by atoms with E-state index in [4.69, 9.17) is 5.73 Å². The van der Waals surface area contributed by atoms with E-state index in [-0.39, 0.29) is 5.91 Å². The SMILES string of the molecule is CC(C)N1CCC(N(C)C(=O)C2(N)CCC2)CC1. The molecular weight excluding hydrogens is 226 g/mol. The number of rotatable bonds is 3. The van der Waals surface area contributed by atoms with Crippen molar-refractivity contribution >= 4 is 5.91 Å². The van der Waals surface area contributed by atoms with Crippen molar-refractivity contribution in [1.82, 2.24) is 9.80 Å². The second-order valence-corrected chi connectivity index (χ2v) is 6.29. The second-order valence-electron chi connectivity index (χ2n) is 6.29. The quantitative estimate of drug-likeness (QED) is 0.822.